The Balaban J connectivity index is 1.34. The Morgan fingerprint density at radius 1 is 1.10 bits per heavy atom. The summed E-state index contributed by atoms with van der Waals surface area (Å²) >= 11 is 0. The van der Waals surface area contributed by atoms with E-state index in [1.807, 2.05) is 31.2 Å². The standard InChI is InChI=1S/C24H27N5O/c1-16-26-23-19(9-10-25-24(23)27-16)21-14-17-7-8-18(15-20(17)28-21)22(30)6-5-13-29-11-3-2-4-12-29/h7-10,14-15,28H,2-6,11-13H2,1H3,(H,25,26,27). The van der Waals surface area contributed by atoms with Crippen LogP contribution in [0.5, 0.6) is 0 Å². The van der Waals surface area contributed by atoms with E-state index in [1.54, 1.807) is 6.20 Å². The van der Waals surface area contributed by atoms with E-state index in [9.17, 15) is 4.79 Å². The summed E-state index contributed by atoms with van der Waals surface area (Å²) in [5.41, 5.74) is 5.44. The molecule has 0 spiro atoms. The maximum atomic E-state index is 12.7. The molecule has 1 aliphatic heterocycles. The van der Waals surface area contributed by atoms with Gasteiger partial charge in [-0.25, -0.2) is 9.97 Å². The van der Waals surface area contributed by atoms with Crippen LogP contribution in [-0.4, -0.2) is 50.3 Å². The molecule has 0 atom stereocenters. The van der Waals surface area contributed by atoms with Crippen molar-refractivity contribution in [2.75, 3.05) is 19.6 Å². The number of carbonyl (C=O) groups is 1. The number of piperidine rings is 1. The van der Waals surface area contributed by atoms with Gasteiger partial charge in [-0.1, -0.05) is 18.6 Å². The fourth-order valence-electron chi connectivity index (χ4n) is 4.49. The first-order valence-corrected chi connectivity index (χ1v) is 10.9. The lowest BCUT2D eigenvalue weighted by Crippen LogP contribution is -2.30. The molecule has 3 aromatic heterocycles. The lowest BCUT2D eigenvalue weighted by molar-refractivity contribution is 0.0973. The molecule has 1 aromatic carbocycles. The number of ketones is 1. The lowest BCUT2D eigenvalue weighted by Gasteiger charge is -2.26. The highest BCUT2D eigenvalue weighted by Crippen LogP contribution is 2.29. The molecule has 6 nitrogen and oxygen atoms in total. The van der Waals surface area contributed by atoms with Gasteiger partial charge in [0, 0.05) is 40.3 Å². The predicted octanol–water partition coefficient (Wildman–Crippen LogP) is 4.86. The second-order valence-corrected chi connectivity index (χ2v) is 8.29. The second kappa shape index (κ2) is 8.03. The summed E-state index contributed by atoms with van der Waals surface area (Å²) in [6.07, 6.45) is 7.25. The summed E-state index contributed by atoms with van der Waals surface area (Å²) in [5, 5.41) is 1.09. The van der Waals surface area contributed by atoms with Crippen molar-refractivity contribution in [2.45, 2.75) is 39.0 Å². The summed E-state index contributed by atoms with van der Waals surface area (Å²) < 4.78 is 0. The number of likely N-dealkylation sites (tertiary alicyclic amines) is 1. The van der Waals surface area contributed by atoms with Crippen LogP contribution in [0.15, 0.2) is 36.5 Å². The van der Waals surface area contributed by atoms with Gasteiger partial charge in [0.2, 0.25) is 0 Å². The highest BCUT2D eigenvalue weighted by Gasteiger charge is 2.14. The Morgan fingerprint density at radius 2 is 1.97 bits per heavy atom. The summed E-state index contributed by atoms with van der Waals surface area (Å²) in [6, 6.07) is 10.1. The Bertz CT molecular complexity index is 1200. The number of nitrogens with zero attached hydrogens (tertiary/aromatic N) is 3. The van der Waals surface area contributed by atoms with Crippen LogP contribution in [-0.2, 0) is 0 Å². The molecule has 154 valence electrons. The number of rotatable bonds is 6. The molecule has 0 unspecified atom stereocenters. The smallest absolute Gasteiger partial charge is 0.178 e. The third-order valence-corrected chi connectivity index (χ3v) is 6.07. The van der Waals surface area contributed by atoms with Gasteiger partial charge in [-0.05, 0) is 64.0 Å². The Labute approximate surface area is 175 Å². The van der Waals surface area contributed by atoms with Gasteiger partial charge < -0.3 is 14.9 Å². The minimum absolute atomic E-state index is 0.223. The van der Waals surface area contributed by atoms with E-state index in [0.717, 1.165) is 52.0 Å². The zero-order chi connectivity index (χ0) is 20.5. The molecule has 0 radical (unpaired) electrons. The maximum absolute atomic E-state index is 12.7. The van der Waals surface area contributed by atoms with Crippen molar-refractivity contribution in [2.24, 2.45) is 0 Å². The molecular weight excluding hydrogens is 374 g/mol. The van der Waals surface area contributed by atoms with Crippen LogP contribution >= 0.6 is 0 Å². The number of H-pyrrole nitrogens is 2. The number of carbonyl (C=O) groups excluding carboxylic acids is 1. The summed E-state index contributed by atoms with van der Waals surface area (Å²) in [5.74, 6) is 1.07. The van der Waals surface area contributed by atoms with Crippen LogP contribution in [0, 0.1) is 6.92 Å². The summed E-state index contributed by atoms with van der Waals surface area (Å²) in [7, 11) is 0. The number of aromatic amines is 2. The van der Waals surface area contributed by atoms with E-state index in [4.69, 9.17) is 0 Å². The van der Waals surface area contributed by atoms with E-state index in [1.165, 1.54) is 32.4 Å². The van der Waals surface area contributed by atoms with E-state index >= 15 is 0 Å². The molecule has 0 amide bonds. The molecule has 5 rings (SSSR count). The lowest BCUT2D eigenvalue weighted by atomic mass is 10.0. The molecule has 0 bridgehead atoms. The molecule has 4 aromatic rings. The second-order valence-electron chi connectivity index (χ2n) is 8.29. The molecule has 30 heavy (non-hydrogen) atoms. The number of hydrogen-bond donors (Lipinski definition) is 2. The molecule has 1 aliphatic rings. The van der Waals surface area contributed by atoms with Gasteiger partial charge in [-0.3, -0.25) is 4.79 Å². The van der Waals surface area contributed by atoms with Crippen LogP contribution in [0.4, 0.5) is 0 Å². The molecule has 4 heterocycles. The zero-order valence-corrected chi connectivity index (χ0v) is 17.4. The number of aryl methyl sites for hydroxylation is 1. The highest BCUT2D eigenvalue weighted by atomic mass is 16.1. The molecule has 0 saturated carbocycles. The third-order valence-electron chi connectivity index (χ3n) is 6.07. The number of fused-ring (bicyclic) bond motifs is 2. The molecule has 0 aliphatic carbocycles. The minimum Gasteiger partial charge on any atom is -0.354 e. The normalized spacial score (nSPS) is 15.2. The van der Waals surface area contributed by atoms with E-state index < -0.39 is 0 Å². The molecule has 1 saturated heterocycles. The average Bonchev–Trinajstić information content (AvgIpc) is 3.36. The van der Waals surface area contributed by atoms with Gasteiger partial charge in [-0.2, -0.15) is 0 Å². The largest absolute Gasteiger partial charge is 0.354 e. The Kier molecular flexibility index (Phi) is 5.09. The predicted molar refractivity (Wildman–Crippen MR) is 120 cm³/mol. The Hall–Kier alpha value is -2.99. The first-order valence-electron chi connectivity index (χ1n) is 10.9. The SMILES string of the molecule is Cc1nc2nccc(-c3cc4ccc(C(=O)CCCN5CCCCC5)cc4[nH]3)c2[nH]1. The van der Waals surface area contributed by atoms with E-state index in [2.05, 4.69) is 30.9 Å². The van der Waals surface area contributed by atoms with Gasteiger partial charge in [0.1, 0.15) is 5.82 Å². The monoisotopic (exact) mass is 401 g/mol. The summed E-state index contributed by atoms with van der Waals surface area (Å²) in [6.45, 7) is 5.33. The number of aromatic nitrogens is 4. The van der Waals surface area contributed by atoms with Gasteiger partial charge in [-0.15, -0.1) is 0 Å². The average molecular weight is 402 g/mol. The summed E-state index contributed by atoms with van der Waals surface area (Å²) in [4.78, 5) is 30.8. The van der Waals surface area contributed by atoms with Gasteiger partial charge in [0.15, 0.2) is 11.4 Å². The van der Waals surface area contributed by atoms with Crippen molar-refractivity contribution < 1.29 is 4.79 Å². The van der Waals surface area contributed by atoms with Crippen molar-refractivity contribution in [3.8, 4) is 11.3 Å². The van der Waals surface area contributed by atoms with Crippen molar-refractivity contribution in [1.29, 1.82) is 0 Å². The zero-order valence-electron chi connectivity index (χ0n) is 17.4. The fourth-order valence-corrected chi connectivity index (χ4v) is 4.49. The number of pyridine rings is 1. The van der Waals surface area contributed by atoms with Crippen molar-refractivity contribution >= 4 is 27.9 Å². The van der Waals surface area contributed by atoms with E-state index in [0.29, 0.717) is 12.1 Å². The van der Waals surface area contributed by atoms with E-state index in [-0.39, 0.29) is 5.78 Å². The quantitative estimate of drug-likeness (QED) is 0.452. The first kappa shape index (κ1) is 19.0. The number of hydrogen-bond acceptors (Lipinski definition) is 4. The molecule has 1 fully saturated rings. The Morgan fingerprint density at radius 3 is 2.83 bits per heavy atom. The van der Waals surface area contributed by atoms with Crippen LogP contribution in [0.25, 0.3) is 33.3 Å². The van der Waals surface area contributed by atoms with Crippen LogP contribution in [0.2, 0.25) is 0 Å². The first-order chi connectivity index (χ1) is 14.7. The van der Waals surface area contributed by atoms with Crippen LogP contribution < -0.4 is 0 Å². The van der Waals surface area contributed by atoms with Crippen LogP contribution in [0.1, 0.15) is 48.3 Å². The minimum atomic E-state index is 0.223. The number of nitrogens with one attached hydrogen (secondary N) is 2. The van der Waals surface area contributed by atoms with Gasteiger partial charge in [0.25, 0.3) is 0 Å². The number of imidazole rings is 1. The molecular formula is C24H27N5O. The fraction of sp³-hybridized carbons (Fsp3) is 0.375. The van der Waals surface area contributed by atoms with Crippen molar-refractivity contribution in [1.82, 2.24) is 24.8 Å². The maximum Gasteiger partial charge on any atom is 0.178 e. The van der Waals surface area contributed by atoms with Crippen molar-refractivity contribution in [3.05, 3.63) is 47.9 Å². The van der Waals surface area contributed by atoms with Gasteiger partial charge in [0.05, 0.1) is 5.52 Å². The molecule has 2 N–H and O–H groups in total. The number of benzene rings is 1. The van der Waals surface area contributed by atoms with Crippen LogP contribution in [0.3, 0.4) is 0 Å². The van der Waals surface area contributed by atoms with Crippen molar-refractivity contribution in [3.63, 3.8) is 0 Å². The highest BCUT2D eigenvalue weighted by molar-refractivity contribution is 6.01. The topological polar surface area (TPSA) is 77.7 Å². The van der Waals surface area contributed by atoms with Gasteiger partial charge >= 0.3 is 0 Å². The third kappa shape index (κ3) is 3.75. The molecule has 6 heteroatoms. The number of Topliss-reactive ketones (excluding diaryl/α,β-unsaturated/α-hetero) is 1.